The molecule has 3 aromatic rings. The first-order valence-electron chi connectivity index (χ1n) is 9.92. The topological polar surface area (TPSA) is 91.4 Å². The molecular formula is C23H22N4O3S. The molecule has 1 aliphatic heterocycles. The molecular weight excluding hydrogens is 412 g/mol. The van der Waals surface area contributed by atoms with E-state index in [1.807, 2.05) is 49.4 Å². The number of carbonyl (C=O) groups is 3. The van der Waals surface area contributed by atoms with Crippen molar-refractivity contribution in [2.24, 2.45) is 5.92 Å². The maximum absolute atomic E-state index is 12.7. The Hall–Kier alpha value is -3.52. The van der Waals surface area contributed by atoms with E-state index in [1.165, 1.54) is 0 Å². The molecule has 2 aromatic carbocycles. The highest BCUT2D eigenvalue weighted by atomic mass is 32.1. The Balaban J connectivity index is 1.41. The predicted octanol–water partition coefficient (Wildman–Crippen LogP) is 4.00. The summed E-state index contributed by atoms with van der Waals surface area (Å²) in [4.78, 5) is 44.1. The summed E-state index contributed by atoms with van der Waals surface area (Å²) in [6.45, 7) is 4.03. The molecule has 4 rings (SSSR count). The van der Waals surface area contributed by atoms with Gasteiger partial charge in [-0.05, 0) is 38.1 Å². The summed E-state index contributed by atoms with van der Waals surface area (Å²) in [5.41, 5.74) is 3.12. The lowest BCUT2D eigenvalue weighted by Crippen LogP contribution is -2.28. The van der Waals surface area contributed by atoms with E-state index in [1.54, 1.807) is 24.0 Å². The van der Waals surface area contributed by atoms with Crippen LogP contribution in [0.25, 0.3) is 0 Å². The third-order valence-corrected chi connectivity index (χ3v) is 6.18. The van der Waals surface area contributed by atoms with Gasteiger partial charge in [-0.15, -0.1) is 0 Å². The molecule has 0 radical (unpaired) electrons. The highest BCUT2D eigenvalue weighted by Gasteiger charge is 2.35. The Morgan fingerprint density at radius 1 is 1.03 bits per heavy atom. The van der Waals surface area contributed by atoms with E-state index in [-0.39, 0.29) is 24.1 Å². The Labute approximate surface area is 184 Å². The number of benzene rings is 2. The maximum atomic E-state index is 12.7. The number of carbonyl (C=O) groups excluding carboxylic acids is 3. The first kappa shape index (κ1) is 20.7. The molecule has 3 amide bonds. The second-order valence-electron chi connectivity index (χ2n) is 7.48. The fraction of sp³-hybridized carbons (Fsp3) is 0.217. The number of amides is 3. The molecule has 0 bridgehead atoms. The van der Waals surface area contributed by atoms with Gasteiger partial charge < -0.3 is 15.5 Å². The van der Waals surface area contributed by atoms with Crippen molar-refractivity contribution in [3.8, 4) is 0 Å². The summed E-state index contributed by atoms with van der Waals surface area (Å²) in [5, 5.41) is 5.95. The fourth-order valence-corrected chi connectivity index (χ4v) is 4.30. The number of anilines is 3. The standard InChI is InChI=1S/C23H22N4O3S/c1-14-8-10-18(11-9-14)27-13-16(12-19(27)28)21(29)26-23-24-15(2)20(31-23)22(30)25-17-6-4-3-5-7-17/h3-11,16H,12-13H2,1-2H3,(H,25,30)(H,24,26,29). The zero-order valence-corrected chi connectivity index (χ0v) is 18.0. The van der Waals surface area contributed by atoms with Crippen molar-refractivity contribution < 1.29 is 14.4 Å². The number of thiazole rings is 1. The van der Waals surface area contributed by atoms with Crippen LogP contribution in [-0.2, 0) is 9.59 Å². The monoisotopic (exact) mass is 434 g/mol. The van der Waals surface area contributed by atoms with Gasteiger partial charge in [-0.2, -0.15) is 0 Å². The van der Waals surface area contributed by atoms with Crippen molar-refractivity contribution >= 4 is 45.6 Å². The van der Waals surface area contributed by atoms with Crippen molar-refractivity contribution in [1.82, 2.24) is 4.98 Å². The highest BCUT2D eigenvalue weighted by Crippen LogP contribution is 2.28. The first-order chi connectivity index (χ1) is 14.9. The Morgan fingerprint density at radius 2 is 1.74 bits per heavy atom. The average molecular weight is 435 g/mol. The molecule has 1 fully saturated rings. The summed E-state index contributed by atoms with van der Waals surface area (Å²) < 4.78 is 0. The van der Waals surface area contributed by atoms with Crippen LogP contribution in [-0.4, -0.2) is 29.3 Å². The van der Waals surface area contributed by atoms with Crippen molar-refractivity contribution in [3.05, 3.63) is 70.7 Å². The molecule has 2 heterocycles. The zero-order chi connectivity index (χ0) is 22.0. The zero-order valence-electron chi connectivity index (χ0n) is 17.2. The lowest BCUT2D eigenvalue weighted by Gasteiger charge is -2.16. The summed E-state index contributed by atoms with van der Waals surface area (Å²) in [5.74, 6) is -1.10. The van der Waals surface area contributed by atoms with Crippen molar-refractivity contribution in [2.45, 2.75) is 20.3 Å². The van der Waals surface area contributed by atoms with Gasteiger partial charge in [0, 0.05) is 24.3 Å². The van der Waals surface area contributed by atoms with Crippen LogP contribution in [0.15, 0.2) is 54.6 Å². The largest absolute Gasteiger partial charge is 0.321 e. The van der Waals surface area contributed by atoms with Crippen molar-refractivity contribution in [2.75, 3.05) is 22.1 Å². The third kappa shape index (κ3) is 4.64. The third-order valence-electron chi connectivity index (χ3n) is 5.11. The molecule has 0 saturated carbocycles. The molecule has 158 valence electrons. The van der Waals surface area contributed by atoms with Crippen molar-refractivity contribution in [3.63, 3.8) is 0 Å². The molecule has 0 spiro atoms. The summed E-state index contributed by atoms with van der Waals surface area (Å²) in [6, 6.07) is 16.8. The van der Waals surface area contributed by atoms with E-state index < -0.39 is 5.92 Å². The van der Waals surface area contributed by atoms with Crippen LogP contribution in [0, 0.1) is 19.8 Å². The number of nitrogens with zero attached hydrogens (tertiary/aromatic N) is 2. The SMILES string of the molecule is Cc1ccc(N2CC(C(=O)Nc3nc(C)c(C(=O)Nc4ccccc4)s3)CC2=O)cc1. The van der Waals surface area contributed by atoms with E-state index in [0.29, 0.717) is 27.9 Å². The minimum atomic E-state index is -0.473. The van der Waals surface area contributed by atoms with E-state index in [9.17, 15) is 14.4 Å². The molecule has 8 heteroatoms. The van der Waals surface area contributed by atoms with Gasteiger partial charge in [0.25, 0.3) is 5.91 Å². The number of para-hydroxylation sites is 1. The molecule has 1 aliphatic rings. The van der Waals surface area contributed by atoms with Gasteiger partial charge >= 0.3 is 0 Å². The van der Waals surface area contributed by atoms with Crippen LogP contribution in [0.4, 0.5) is 16.5 Å². The second kappa shape index (κ2) is 8.69. The number of hydrogen-bond acceptors (Lipinski definition) is 5. The van der Waals surface area contributed by atoms with Crippen LogP contribution in [0.5, 0.6) is 0 Å². The average Bonchev–Trinajstić information content (AvgIpc) is 3.32. The van der Waals surface area contributed by atoms with Crippen LogP contribution < -0.4 is 15.5 Å². The van der Waals surface area contributed by atoms with Gasteiger partial charge in [0.15, 0.2) is 5.13 Å². The summed E-state index contributed by atoms with van der Waals surface area (Å²) >= 11 is 1.12. The predicted molar refractivity (Wildman–Crippen MR) is 122 cm³/mol. The molecule has 1 atom stereocenters. The molecule has 1 saturated heterocycles. The van der Waals surface area contributed by atoms with Crippen LogP contribution >= 0.6 is 11.3 Å². The van der Waals surface area contributed by atoms with Crippen LogP contribution in [0.3, 0.4) is 0 Å². The second-order valence-corrected chi connectivity index (χ2v) is 8.48. The summed E-state index contributed by atoms with van der Waals surface area (Å²) in [7, 11) is 0. The van der Waals surface area contributed by atoms with Gasteiger partial charge in [0.2, 0.25) is 11.8 Å². The Bertz CT molecular complexity index is 1130. The number of hydrogen-bond donors (Lipinski definition) is 2. The summed E-state index contributed by atoms with van der Waals surface area (Å²) in [6.07, 6.45) is 0.144. The van der Waals surface area contributed by atoms with E-state index in [4.69, 9.17) is 0 Å². The lowest BCUT2D eigenvalue weighted by atomic mass is 10.1. The fourth-order valence-electron chi connectivity index (χ4n) is 3.43. The van der Waals surface area contributed by atoms with Crippen molar-refractivity contribution in [1.29, 1.82) is 0 Å². The lowest BCUT2D eigenvalue weighted by molar-refractivity contribution is -0.122. The van der Waals surface area contributed by atoms with Crippen LogP contribution in [0.1, 0.15) is 27.3 Å². The normalized spacial score (nSPS) is 15.7. The highest BCUT2D eigenvalue weighted by molar-refractivity contribution is 7.17. The van der Waals surface area contributed by atoms with E-state index in [2.05, 4.69) is 15.6 Å². The van der Waals surface area contributed by atoms with Gasteiger partial charge in [-0.25, -0.2) is 4.98 Å². The quantitative estimate of drug-likeness (QED) is 0.635. The van der Waals surface area contributed by atoms with E-state index >= 15 is 0 Å². The minimum Gasteiger partial charge on any atom is -0.321 e. The Morgan fingerprint density at radius 3 is 2.45 bits per heavy atom. The van der Waals surface area contributed by atoms with Gasteiger partial charge in [-0.1, -0.05) is 47.2 Å². The smallest absolute Gasteiger partial charge is 0.267 e. The number of nitrogens with one attached hydrogen (secondary N) is 2. The molecule has 1 unspecified atom stereocenters. The Kier molecular flexibility index (Phi) is 5.81. The molecule has 1 aromatic heterocycles. The molecule has 31 heavy (non-hydrogen) atoms. The molecule has 7 nitrogen and oxygen atoms in total. The van der Waals surface area contributed by atoms with E-state index in [0.717, 1.165) is 22.6 Å². The van der Waals surface area contributed by atoms with Gasteiger partial charge in [0.1, 0.15) is 4.88 Å². The van der Waals surface area contributed by atoms with Gasteiger partial charge in [-0.3, -0.25) is 14.4 Å². The molecule has 2 N–H and O–H groups in total. The first-order valence-corrected chi connectivity index (χ1v) is 10.7. The maximum Gasteiger partial charge on any atom is 0.267 e. The molecule has 0 aliphatic carbocycles. The minimum absolute atomic E-state index is 0.0812. The van der Waals surface area contributed by atoms with Crippen LogP contribution in [0.2, 0.25) is 0 Å². The number of rotatable bonds is 5. The number of aromatic nitrogens is 1. The van der Waals surface area contributed by atoms with Gasteiger partial charge in [0.05, 0.1) is 11.6 Å². The number of aryl methyl sites for hydroxylation is 2.